The van der Waals surface area contributed by atoms with Crippen molar-refractivity contribution < 1.29 is 31.9 Å². The van der Waals surface area contributed by atoms with Crippen LogP contribution in [-0.2, 0) is 20.7 Å². The topological polar surface area (TPSA) is 93.5 Å². The Labute approximate surface area is 291 Å². The van der Waals surface area contributed by atoms with Gasteiger partial charge in [-0.25, -0.2) is 22.4 Å². The van der Waals surface area contributed by atoms with Crippen molar-refractivity contribution >= 4 is 11.9 Å². The molecule has 1 N–H and O–H groups in total. The Morgan fingerprint density at radius 3 is 2.26 bits per heavy atom. The second kappa shape index (κ2) is 16.8. The molecule has 1 saturated heterocycles. The van der Waals surface area contributed by atoms with E-state index in [9.17, 15) is 27.6 Å². The third kappa shape index (κ3) is 9.18. The second-order valence-electron chi connectivity index (χ2n) is 13.9. The van der Waals surface area contributed by atoms with Crippen molar-refractivity contribution in [2.24, 2.45) is 5.92 Å². The van der Waals surface area contributed by atoms with Crippen LogP contribution in [0.25, 0.3) is 11.1 Å². The van der Waals surface area contributed by atoms with Crippen molar-refractivity contribution in [1.82, 2.24) is 19.8 Å². The molecule has 3 aromatic rings. The number of nitrogens with one attached hydrogen (secondary N) is 1. The number of amides is 1. The van der Waals surface area contributed by atoms with Crippen molar-refractivity contribution in [1.29, 1.82) is 0 Å². The van der Waals surface area contributed by atoms with Crippen molar-refractivity contribution in [2.45, 2.75) is 98.3 Å². The molecule has 0 aliphatic carbocycles. The van der Waals surface area contributed by atoms with E-state index in [1.807, 2.05) is 64.6 Å². The molecule has 0 unspecified atom stereocenters. The average Bonchev–Trinajstić information content (AvgIpc) is 3.01. The first-order chi connectivity index (χ1) is 23.6. The van der Waals surface area contributed by atoms with E-state index in [1.165, 1.54) is 10.6 Å². The zero-order chi connectivity index (χ0) is 36.9. The fourth-order valence-electron chi connectivity index (χ4n) is 6.59. The molecule has 12 heteroatoms. The number of ether oxygens (including phenoxy) is 1. The van der Waals surface area contributed by atoms with E-state index in [0.29, 0.717) is 42.9 Å². The molecule has 50 heavy (non-hydrogen) atoms. The Morgan fingerprint density at radius 2 is 1.70 bits per heavy atom. The maximum atomic E-state index is 16.1. The number of nitrogens with zero attached hydrogens (tertiary/aromatic N) is 3. The highest BCUT2D eigenvalue weighted by Crippen LogP contribution is 2.37. The van der Waals surface area contributed by atoms with E-state index in [0.717, 1.165) is 22.8 Å². The van der Waals surface area contributed by atoms with E-state index < -0.39 is 60.0 Å². The van der Waals surface area contributed by atoms with Gasteiger partial charge in [-0.1, -0.05) is 45.9 Å². The van der Waals surface area contributed by atoms with Crippen LogP contribution in [0, 0.1) is 25.6 Å². The number of halogens is 4. The number of rotatable bonds is 15. The lowest BCUT2D eigenvalue weighted by atomic mass is 9.90. The highest BCUT2D eigenvalue weighted by atomic mass is 19.3. The predicted octanol–water partition coefficient (Wildman–Crippen LogP) is 7.32. The molecule has 1 aliphatic heterocycles. The van der Waals surface area contributed by atoms with E-state index in [4.69, 9.17) is 4.74 Å². The third-order valence-corrected chi connectivity index (χ3v) is 9.05. The molecular formula is C38H48F4N4O4. The molecule has 2 aromatic carbocycles. The average molecular weight is 701 g/mol. The molecule has 0 bridgehead atoms. The van der Waals surface area contributed by atoms with Crippen molar-refractivity contribution in [3.8, 4) is 11.1 Å². The van der Waals surface area contributed by atoms with Crippen LogP contribution in [-0.4, -0.2) is 58.7 Å². The standard InChI is InChI=1S/C38H48F4N4O4/c1-8-50-32(47)17-30(28-15-26(16-29(34(28)40)36(41)42)33-23(6)10-9-11-24(33)7)43-37(48)31(14-21(2)3)46-18-25(12-13-45-19-27(39)20-45)35(22(4)5)44-38(46)49/h9-11,15-16,18,21-22,27,30-31,36H,8,12-14,17,19-20H2,1-7H3,(H,43,48)/t30-,31-/m0/s1. The maximum Gasteiger partial charge on any atom is 0.348 e. The molecule has 2 heterocycles. The second-order valence-corrected chi connectivity index (χ2v) is 13.9. The summed E-state index contributed by atoms with van der Waals surface area (Å²) in [6.07, 6.45) is -2.32. The predicted molar refractivity (Wildman–Crippen MR) is 185 cm³/mol. The number of carbonyl (C=O) groups excluding carboxylic acids is 2. The minimum atomic E-state index is -3.18. The fraction of sp³-hybridized carbons (Fsp3) is 0.526. The lowest BCUT2D eigenvalue weighted by molar-refractivity contribution is -0.144. The van der Waals surface area contributed by atoms with E-state index >= 15 is 4.39 Å². The number of carbonyl (C=O) groups is 2. The first-order valence-electron chi connectivity index (χ1n) is 17.2. The fourth-order valence-corrected chi connectivity index (χ4v) is 6.59. The van der Waals surface area contributed by atoms with Gasteiger partial charge >= 0.3 is 11.7 Å². The van der Waals surface area contributed by atoms with Gasteiger partial charge in [0, 0.05) is 31.4 Å². The van der Waals surface area contributed by atoms with Gasteiger partial charge in [0.25, 0.3) is 6.43 Å². The highest BCUT2D eigenvalue weighted by molar-refractivity contribution is 5.82. The number of aryl methyl sites for hydroxylation is 2. The molecule has 1 aliphatic rings. The molecule has 8 nitrogen and oxygen atoms in total. The van der Waals surface area contributed by atoms with Gasteiger partial charge in [-0.2, -0.15) is 4.98 Å². The van der Waals surface area contributed by atoms with Gasteiger partial charge in [0.15, 0.2) is 0 Å². The SMILES string of the molecule is CCOC(=O)C[C@H](NC(=O)[C@H](CC(C)C)n1cc(CCN2CC(F)C2)c(C(C)C)nc1=O)c1cc(-c2c(C)cccc2C)cc(C(F)F)c1F. The molecule has 2 atom stereocenters. The molecule has 1 amide bonds. The summed E-state index contributed by atoms with van der Waals surface area (Å²) in [5.74, 6) is -2.91. The minimum absolute atomic E-state index is 0.0120. The van der Waals surface area contributed by atoms with E-state index in [2.05, 4.69) is 10.3 Å². The van der Waals surface area contributed by atoms with Crippen molar-refractivity contribution in [3.63, 3.8) is 0 Å². The highest BCUT2D eigenvalue weighted by Gasteiger charge is 2.32. The lowest BCUT2D eigenvalue weighted by Gasteiger charge is -2.34. The molecule has 0 saturated carbocycles. The summed E-state index contributed by atoms with van der Waals surface area (Å²) in [4.78, 5) is 47.0. The van der Waals surface area contributed by atoms with Crippen LogP contribution in [0.15, 0.2) is 41.3 Å². The van der Waals surface area contributed by atoms with Crippen LogP contribution in [0.3, 0.4) is 0 Å². The summed E-state index contributed by atoms with van der Waals surface area (Å²) in [6, 6.07) is 5.40. The third-order valence-electron chi connectivity index (χ3n) is 9.05. The van der Waals surface area contributed by atoms with Gasteiger partial charge in [0.2, 0.25) is 5.91 Å². The summed E-state index contributed by atoms with van der Waals surface area (Å²) in [5.41, 5.74) is 1.99. The maximum absolute atomic E-state index is 16.1. The van der Waals surface area contributed by atoms with Crippen molar-refractivity contribution in [3.05, 3.63) is 86.3 Å². The molecule has 0 radical (unpaired) electrons. The summed E-state index contributed by atoms with van der Waals surface area (Å²) in [5, 5.41) is 2.74. The normalized spacial score (nSPS) is 15.0. The number of benzene rings is 2. The van der Waals surface area contributed by atoms with Crippen molar-refractivity contribution in [2.75, 3.05) is 26.2 Å². The number of esters is 1. The Morgan fingerprint density at radius 1 is 1.06 bits per heavy atom. The Kier molecular flexibility index (Phi) is 13.0. The smallest absolute Gasteiger partial charge is 0.348 e. The monoisotopic (exact) mass is 700 g/mol. The first-order valence-corrected chi connectivity index (χ1v) is 17.2. The summed E-state index contributed by atoms with van der Waals surface area (Å²) < 4.78 is 64.6. The largest absolute Gasteiger partial charge is 0.466 e. The van der Waals surface area contributed by atoms with Crippen LogP contribution >= 0.6 is 0 Å². The van der Waals surface area contributed by atoms with Crippen LogP contribution in [0.5, 0.6) is 0 Å². The van der Waals surface area contributed by atoms with Gasteiger partial charge < -0.3 is 10.1 Å². The number of likely N-dealkylation sites (tertiary alicyclic amines) is 1. The molecule has 4 rings (SSSR count). The molecule has 1 fully saturated rings. The Balaban J connectivity index is 1.81. The molecular weight excluding hydrogens is 652 g/mol. The number of alkyl halides is 3. The number of hydrogen-bond donors (Lipinski definition) is 1. The number of aromatic nitrogens is 2. The summed E-state index contributed by atoms with van der Waals surface area (Å²) >= 11 is 0. The van der Waals surface area contributed by atoms with Gasteiger partial charge in [-0.3, -0.25) is 19.1 Å². The van der Waals surface area contributed by atoms with Gasteiger partial charge in [-0.15, -0.1) is 0 Å². The zero-order valence-electron chi connectivity index (χ0n) is 29.9. The van der Waals surface area contributed by atoms with Crippen LogP contribution in [0.1, 0.15) is 105 Å². The first kappa shape index (κ1) is 38.7. The van der Waals surface area contributed by atoms with Gasteiger partial charge in [-0.05, 0) is 85.4 Å². The Hall–Kier alpha value is -4.06. The summed E-state index contributed by atoms with van der Waals surface area (Å²) in [7, 11) is 0. The van der Waals surface area contributed by atoms with E-state index in [1.54, 1.807) is 13.1 Å². The molecule has 0 spiro atoms. The number of hydrogen-bond acceptors (Lipinski definition) is 6. The Bertz CT molecular complexity index is 1720. The summed E-state index contributed by atoms with van der Waals surface area (Å²) in [6.45, 7) is 14.0. The lowest BCUT2D eigenvalue weighted by Crippen LogP contribution is -2.49. The van der Waals surface area contributed by atoms with Gasteiger partial charge in [0.1, 0.15) is 18.0 Å². The molecule has 1 aromatic heterocycles. The minimum Gasteiger partial charge on any atom is -0.466 e. The van der Waals surface area contributed by atoms with Crippen LogP contribution in [0.2, 0.25) is 0 Å². The quantitative estimate of drug-likeness (QED) is 0.132. The van der Waals surface area contributed by atoms with Gasteiger partial charge in [0.05, 0.1) is 30.3 Å². The van der Waals surface area contributed by atoms with Crippen LogP contribution in [0.4, 0.5) is 17.6 Å². The van der Waals surface area contributed by atoms with E-state index in [-0.39, 0.29) is 30.4 Å². The van der Waals surface area contributed by atoms with Crippen LogP contribution < -0.4 is 11.0 Å². The zero-order valence-corrected chi connectivity index (χ0v) is 29.9. The molecule has 272 valence electrons.